The number of rotatable bonds is 6. The first-order chi connectivity index (χ1) is 12.3. The Labute approximate surface area is 153 Å². The summed E-state index contributed by atoms with van der Waals surface area (Å²) in [5.74, 6) is -0.183. The van der Waals surface area contributed by atoms with Gasteiger partial charge in [0.2, 0.25) is 10.0 Å². The van der Waals surface area contributed by atoms with Crippen molar-refractivity contribution in [1.82, 2.24) is 9.62 Å². The van der Waals surface area contributed by atoms with Crippen molar-refractivity contribution < 1.29 is 22.7 Å². The largest absolute Gasteiger partial charge is 0.450 e. The minimum absolute atomic E-state index is 0.0129. The SMILES string of the molecule is CCOC(=O)Nc1cccc(C(=O)N2CCC[C@H](NS(=O)(=O)CC)C2)c1. The molecule has 26 heavy (non-hydrogen) atoms. The predicted octanol–water partition coefficient (Wildman–Crippen LogP) is 1.80. The highest BCUT2D eigenvalue weighted by molar-refractivity contribution is 7.89. The van der Waals surface area contributed by atoms with Crippen molar-refractivity contribution in [3.8, 4) is 0 Å². The van der Waals surface area contributed by atoms with Gasteiger partial charge < -0.3 is 9.64 Å². The zero-order valence-corrected chi connectivity index (χ0v) is 15.8. The number of nitrogens with one attached hydrogen (secondary N) is 2. The Morgan fingerprint density at radius 2 is 2.08 bits per heavy atom. The van der Waals surface area contributed by atoms with Crippen molar-refractivity contribution in [2.45, 2.75) is 32.7 Å². The van der Waals surface area contributed by atoms with E-state index in [1.165, 1.54) is 0 Å². The number of carbonyl (C=O) groups excluding carboxylic acids is 2. The molecule has 1 aliphatic rings. The quantitative estimate of drug-likeness (QED) is 0.779. The molecule has 2 amide bonds. The summed E-state index contributed by atoms with van der Waals surface area (Å²) < 4.78 is 31.0. The Morgan fingerprint density at radius 1 is 1.31 bits per heavy atom. The van der Waals surface area contributed by atoms with Gasteiger partial charge in [-0.25, -0.2) is 17.9 Å². The molecule has 1 aromatic rings. The van der Waals surface area contributed by atoms with E-state index < -0.39 is 16.1 Å². The van der Waals surface area contributed by atoms with Gasteiger partial charge in [-0.1, -0.05) is 6.07 Å². The van der Waals surface area contributed by atoms with Crippen LogP contribution in [0.1, 0.15) is 37.0 Å². The minimum Gasteiger partial charge on any atom is -0.450 e. The van der Waals surface area contributed by atoms with Crippen LogP contribution in [0.5, 0.6) is 0 Å². The van der Waals surface area contributed by atoms with Crippen LogP contribution in [0.3, 0.4) is 0 Å². The lowest BCUT2D eigenvalue weighted by Gasteiger charge is -2.33. The van der Waals surface area contributed by atoms with Crippen molar-refractivity contribution in [2.24, 2.45) is 0 Å². The van der Waals surface area contributed by atoms with Crippen molar-refractivity contribution in [2.75, 3.05) is 30.8 Å². The number of sulfonamides is 1. The molecule has 1 fully saturated rings. The van der Waals surface area contributed by atoms with Crippen molar-refractivity contribution in [3.63, 3.8) is 0 Å². The third-order valence-corrected chi connectivity index (χ3v) is 5.52. The van der Waals surface area contributed by atoms with Gasteiger partial charge in [-0.15, -0.1) is 0 Å². The van der Waals surface area contributed by atoms with Gasteiger partial charge in [0, 0.05) is 30.4 Å². The normalized spacial score (nSPS) is 17.6. The molecular formula is C17H25N3O5S. The molecule has 0 aromatic heterocycles. The van der Waals surface area contributed by atoms with Crippen LogP contribution in [0.15, 0.2) is 24.3 Å². The lowest BCUT2D eigenvalue weighted by molar-refractivity contribution is 0.0703. The van der Waals surface area contributed by atoms with Crippen LogP contribution < -0.4 is 10.0 Å². The van der Waals surface area contributed by atoms with E-state index in [9.17, 15) is 18.0 Å². The van der Waals surface area contributed by atoms with Gasteiger partial charge in [0.25, 0.3) is 5.91 Å². The lowest BCUT2D eigenvalue weighted by atomic mass is 10.1. The van der Waals surface area contributed by atoms with Crippen molar-refractivity contribution in [3.05, 3.63) is 29.8 Å². The molecule has 8 nitrogen and oxygen atoms in total. The molecule has 9 heteroatoms. The van der Waals surface area contributed by atoms with E-state index in [1.807, 2.05) is 0 Å². The maximum Gasteiger partial charge on any atom is 0.411 e. The molecule has 0 bridgehead atoms. The number of amides is 2. The van der Waals surface area contributed by atoms with Gasteiger partial charge in [-0.3, -0.25) is 10.1 Å². The van der Waals surface area contributed by atoms with Gasteiger partial charge in [0.15, 0.2) is 0 Å². The van der Waals surface area contributed by atoms with Crippen LogP contribution in [0.2, 0.25) is 0 Å². The summed E-state index contributed by atoms with van der Waals surface area (Å²) >= 11 is 0. The molecule has 2 N–H and O–H groups in total. The molecule has 0 radical (unpaired) electrons. The van der Waals surface area contributed by atoms with Crippen LogP contribution in [0.25, 0.3) is 0 Å². The van der Waals surface area contributed by atoms with Crippen LogP contribution in [-0.4, -0.2) is 56.8 Å². The number of benzene rings is 1. The standard InChI is InChI=1S/C17H25N3O5S/c1-3-25-17(22)18-14-8-5-7-13(11-14)16(21)20-10-6-9-15(12-20)19-26(23,24)4-2/h5,7-8,11,15,19H,3-4,6,9-10,12H2,1-2H3,(H,18,22)/t15-/m0/s1. The maximum atomic E-state index is 12.7. The first kappa shape index (κ1) is 20.2. The average molecular weight is 383 g/mol. The molecule has 1 aliphatic heterocycles. The Bertz CT molecular complexity index is 751. The van der Waals surface area contributed by atoms with E-state index in [0.717, 1.165) is 6.42 Å². The summed E-state index contributed by atoms with van der Waals surface area (Å²) in [7, 11) is -3.31. The third-order valence-electron chi connectivity index (χ3n) is 4.07. The van der Waals surface area contributed by atoms with Gasteiger partial charge in [-0.2, -0.15) is 0 Å². The summed E-state index contributed by atoms with van der Waals surface area (Å²) in [5.41, 5.74) is 0.896. The number of nitrogens with zero attached hydrogens (tertiary/aromatic N) is 1. The van der Waals surface area contributed by atoms with Crippen molar-refractivity contribution >= 4 is 27.7 Å². The van der Waals surface area contributed by atoms with E-state index in [1.54, 1.807) is 43.0 Å². The second-order valence-corrected chi connectivity index (χ2v) is 8.08. The molecule has 1 atom stereocenters. The predicted molar refractivity (Wildman–Crippen MR) is 98.6 cm³/mol. The zero-order valence-electron chi connectivity index (χ0n) is 15.0. The number of carbonyl (C=O) groups is 2. The fourth-order valence-electron chi connectivity index (χ4n) is 2.79. The number of hydrogen-bond donors (Lipinski definition) is 2. The molecule has 1 saturated heterocycles. The van der Waals surface area contributed by atoms with Crippen LogP contribution in [-0.2, 0) is 14.8 Å². The molecule has 0 spiro atoms. The number of piperidine rings is 1. The van der Waals surface area contributed by atoms with Crippen LogP contribution in [0, 0.1) is 0 Å². The molecule has 144 valence electrons. The zero-order chi connectivity index (χ0) is 19.2. The van der Waals surface area contributed by atoms with Gasteiger partial charge in [0.05, 0.1) is 12.4 Å². The molecule has 1 aromatic carbocycles. The highest BCUT2D eigenvalue weighted by atomic mass is 32.2. The second-order valence-electron chi connectivity index (χ2n) is 6.04. The van der Waals surface area contributed by atoms with Gasteiger partial charge in [-0.05, 0) is 44.9 Å². The summed E-state index contributed by atoms with van der Waals surface area (Å²) in [5, 5.41) is 2.56. The molecule has 1 heterocycles. The molecule has 0 aliphatic carbocycles. The fraction of sp³-hybridized carbons (Fsp3) is 0.529. The van der Waals surface area contributed by atoms with Crippen molar-refractivity contribution in [1.29, 1.82) is 0 Å². The molecular weight excluding hydrogens is 358 g/mol. The third kappa shape index (κ3) is 5.70. The topological polar surface area (TPSA) is 105 Å². The Kier molecular flexibility index (Phi) is 6.98. The number of anilines is 1. The van der Waals surface area contributed by atoms with E-state index in [2.05, 4.69) is 10.0 Å². The highest BCUT2D eigenvalue weighted by Crippen LogP contribution is 2.17. The summed E-state index contributed by atoms with van der Waals surface area (Å²) in [4.78, 5) is 25.9. The van der Waals surface area contributed by atoms with Gasteiger partial charge >= 0.3 is 6.09 Å². The Morgan fingerprint density at radius 3 is 2.77 bits per heavy atom. The maximum absolute atomic E-state index is 12.7. The molecule has 0 unspecified atom stereocenters. The summed E-state index contributed by atoms with van der Waals surface area (Å²) in [6, 6.07) is 6.31. The van der Waals surface area contributed by atoms with Gasteiger partial charge in [0.1, 0.15) is 0 Å². The fourth-order valence-corrected chi connectivity index (χ4v) is 3.66. The molecule has 0 saturated carbocycles. The highest BCUT2D eigenvalue weighted by Gasteiger charge is 2.27. The van der Waals surface area contributed by atoms with Crippen LogP contribution in [0.4, 0.5) is 10.5 Å². The second kappa shape index (κ2) is 9.00. The first-order valence-electron chi connectivity index (χ1n) is 8.67. The lowest BCUT2D eigenvalue weighted by Crippen LogP contribution is -2.49. The number of likely N-dealkylation sites (tertiary alicyclic amines) is 1. The average Bonchev–Trinajstić information content (AvgIpc) is 2.61. The van der Waals surface area contributed by atoms with E-state index in [-0.39, 0.29) is 24.3 Å². The number of hydrogen-bond acceptors (Lipinski definition) is 5. The Hall–Kier alpha value is -2.13. The van der Waals surface area contributed by atoms with Crippen LogP contribution >= 0.6 is 0 Å². The van der Waals surface area contributed by atoms with E-state index >= 15 is 0 Å². The monoisotopic (exact) mass is 383 g/mol. The first-order valence-corrected chi connectivity index (χ1v) is 10.3. The Balaban J connectivity index is 2.05. The smallest absolute Gasteiger partial charge is 0.411 e. The summed E-state index contributed by atoms with van der Waals surface area (Å²) in [6.07, 6.45) is 0.848. The minimum atomic E-state index is -3.31. The number of ether oxygens (including phenoxy) is 1. The van der Waals surface area contributed by atoms with E-state index in [4.69, 9.17) is 4.74 Å². The molecule has 2 rings (SSSR count). The van der Waals surface area contributed by atoms with E-state index in [0.29, 0.717) is 30.8 Å². The summed E-state index contributed by atoms with van der Waals surface area (Å²) in [6.45, 7) is 4.44.